The lowest BCUT2D eigenvalue weighted by atomic mass is 9.56. The van der Waals surface area contributed by atoms with Gasteiger partial charge in [-0.2, -0.15) is 0 Å². The van der Waals surface area contributed by atoms with Gasteiger partial charge in [-0.25, -0.2) is 0 Å². The molecular formula is C43H62. The third-order valence-corrected chi connectivity index (χ3v) is 9.92. The molecule has 2 aromatic rings. The van der Waals surface area contributed by atoms with E-state index >= 15 is 0 Å². The topological polar surface area (TPSA) is 0 Å². The average Bonchev–Trinajstić information content (AvgIpc) is 3.05. The summed E-state index contributed by atoms with van der Waals surface area (Å²) in [5, 5.41) is 0. The Morgan fingerprint density at radius 1 is 0.814 bits per heavy atom. The van der Waals surface area contributed by atoms with Gasteiger partial charge in [-0.05, 0) is 80.1 Å². The number of hydrogen-bond acceptors (Lipinski definition) is 0. The Kier molecular flexibility index (Phi) is 15.8. The smallest absolute Gasteiger partial charge is 0.0156 e. The molecule has 234 valence electrons. The third kappa shape index (κ3) is 8.76. The van der Waals surface area contributed by atoms with Crippen LogP contribution in [0.15, 0.2) is 91.1 Å². The molecule has 2 aliphatic rings. The lowest BCUT2D eigenvalue weighted by Gasteiger charge is -2.48. The van der Waals surface area contributed by atoms with Gasteiger partial charge < -0.3 is 0 Å². The quantitative estimate of drug-likeness (QED) is 0.226. The zero-order valence-corrected chi connectivity index (χ0v) is 29.3. The molecule has 0 aliphatic heterocycles. The van der Waals surface area contributed by atoms with E-state index in [1.54, 1.807) is 5.57 Å². The molecule has 0 radical (unpaired) electrons. The lowest BCUT2D eigenvalue weighted by Crippen LogP contribution is -2.35. The van der Waals surface area contributed by atoms with Crippen LogP contribution in [0.1, 0.15) is 137 Å². The van der Waals surface area contributed by atoms with Crippen LogP contribution in [0.4, 0.5) is 0 Å². The highest BCUT2D eigenvalue weighted by Crippen LogP contribution is 2.57. The minimum absolute atomic E-state index is 0.0883. The summed E-state index contributed by atoms with van der Waals surface area (Å²) in [6.45, 7) is 28.3. The Balaban J connectivity index is 0.000000416. The molecule has 0 heterocycles. The minimum Gasteiger partial charge on any atom is -0.124 e. The standard InChI is InChI=1S/C24H34.C15H20.C2H6.C2H2/c1-8-11-22-23(6,7)21(16-17-24(22,9-2)10-3)20-14-12-19(13-15-20)18(4)5;1-13(2)15(11-7-4-8-12-15)14-9-5-3-6-10-14;2*1-2/h11-16H,4,8-10,17H2,1-3,5-7H3;3,5-6,9-10H,1,4,7-8,11-12H2,2H3;1-2H3;1-2H/b22-11-;;;. The monoisotopic (exact) mass is 578 g/mol. The molecule has 0 aromatic heterocycles. The summed E-state index contributed by atoms with van der Waals surface area (Å²) < 4.78 is 0. The molecule has 0 N–H and O–H groups in total. The van der Waals surface area contributed by atoms with Gasteiger partial charge in [-0.1, -0.05) is 164 Å². The molecule has 0 unspecified atom stereocenters. The summed E-state index contributed by atoms with van der Waals surface area (Å²) in [7, 11) is 0. The Hall–Kier alpha value is -3.04. The van der Waals surface area contributed by atoms with Crippen LogP contribution in [0, 0.1) is 23.7 Å². The molecule has 0 nitrogen and oxygen atoms in total. The summed E-state index contributed by atoms with van der Waals surface area (Å²) in [5.41, 5.74) is 10.3. The van der Waals surface area contributed by atoms with Crippen molar-refractivity contribution in [3.05, 3.63) is 108 Å². The van der Waals surface area contributed by atoms with Gasteiger partial charge in [0.25, 0.3) is 0 Å². The fraction of sp³-hybridized carbons (Fsp3) is 0.488. The highest BCUT2D eigenvalue weighted by molar-refractivity contribution is 5.76. The molecule has 0 amide bonds. The second-order valence-electron chi connectivity index (χ2n) is 12.6. The van der Waals surface area contributed by atoms with Crippen LogP contribution in [0.2, 0.25) is 0 Å². The zero-order chi connectivity index (χ0) is 32.7. The van der Waals surface area contributed by atoms with Crippen molar-refractivity contribution < 1.29 is 0 Å². The van der Waals surface area contributed by atoms with Gasteiger partial charge in [0.05, 0.1) is 0 Å². The highest BCUT2D eigenvalue weighted by Gasteiger charge is 2.43. The number of benzene rings is 2. The van der Waals surface area contributed by atoms with Crippen LogP contribution in [0.25, 0.3) is 11.1 Å². The summed E-state index contributed by atoms with van der Waals surface area (Å²) in [6, 6.07) is 19.9. The molecule has 4 rings (SSSR count). The number of allylic oxidation sites excluding steroid dienone is 6. The Labute approximate surface area is 267 Å². The fourth-order valence-electron chi connectivity index (χ4n) is 7.35. The van der Waals surface area contributed by atoms with Crippen LogP contribution >= 0.6 is 0 Å². The molecule has 0 saturated heterocycles. The van der Waals surface area contributed by atoms with Crippen LogP contribution in [-0.4, -0.2) is 0 Å². The van der Waals surface area contributed by atoms with E-state index in [1.807, 2.05) is 13.8 Å². The Morgan fingerprint density at radius 2 is 1.35 bits per heavy atom. The summed E-state index contributed by atoms with van der Waals surface area (Å²) in [5.74, 6) is 0. The van der Waals surface area contributed by atoms with Crippen LogP contribution in [0.3, 0.4) is 0 Å². The van der Waals surface area contributed by atoms with Crippen molar-refractivity contribution in [2.45, 2.75) is 126 Å². The van der Waals surface area contributed by atoms with E-state index in [2.05, 4.69) is 141 Å². The Bertz CT molecular complexity index is 1200. The maximum absolute atomic E-state index is 4.23. The molecule has 2 aromatic carbocycles. The molecule has 2 aliphatic carbocycles. The van der Waals surface area contributed by atoms with Crippen LogP contribution in [0.5, 0.6) is 0 Å². The largest absolute Gasteiger partial charge is 0.124 e. The normalized spacial score (nSPS) is 18.7. The average molecular weight is 579 g/mol. The van der Waals surface area contributed by atoms with Crippen molar-refractivity contribution in [3.63, 3.8) is 0 Å². The van der Waals surface area contributed by atoms with Crippen molar-refractivity contribution in [2.75, 3.05) is 0 Å². The predicted molar refractivity (Wildman–Crippen MR) is 196 cm³/mol. The molecule has 43 heavy (non-hydrogen) atoms. The van der Waals surface area contributed by atoms with E-state index < -0.39 is 0 Å². The van der Waals surface area contributed by atoms with Crippen molar-refractivity contribution in [2.24, 2.45) is 10.8 Å². The van der Waals surface area contributed by atoms with Crippen LogP contribution < -0.4 is 0 Å². The molecule has 0 spiro atoms. The second kappa shape index (κ2) is 17.9. The maximum atomic E-state index is 4.23. The van der Waals surface area contributed by atoms with Gasteiger partial charge in [0, 0.05) is 10.8 Å². The van der Waals surface area contributed by atoms with E-state index in [1.165, 1.54) is 72.8 Å². The highest BCUT2D eigenvalue weighted by atomic mass is 14.5. The third-order valence-electron chi connectivity index (χ3n) is 9.92. The first kappa shape index (κ1) is 38.0. The van der Waals surface area contributed by atoms with Gasteiger partial charge >= 0.3 is 0 Å². The van der Waals surface area contributed by atoms with Gasteiger partial charge in [-0.15, -0.1) is 12.8 Å². The Morgan fingerprint density at radius 3 is 1.79 bits per heavy atom. The zero-order valence-electron chi connectivity index (χ0n) is 29.3. The van der Waals surface area contributed by atoms with Crippen molar-refractivity contribution >= 4 is 11.1 Å². The molecule has 0 bridgehead atoms. The molecule has 0 atom stereocenters. The summed E-state index contributed by atoms with van der Waals surface area (Å²) in [4.78, 5) is 0. The first-order valence-corrected chi connectivity index (χ1v) is 16.8. The van der Waals surface area contributed by atoms with Gasteiger partial charge in [0.15, 0.2) is 0 Å². The van der Waals surface area contributed by atoms with E-state index in [9.17, 15) is 0 Å². The minimum atomic E-state index is 0.0883. The molecule has 0 heteroatoms. The van der Waals surface area contributed by atoms with E-state index in [0.29, 0.717) is 5.41 Å². The van der Waals surface area contributed by atoms with Gasteiger partial charge in [-0.3, -0.25) is 0 Å². The summed E-state index contributed by atoms with van der Waals surface area (Å²) >= 11 is 0. The first-order chi connectivity index (χ1) is 20.6. The van der Waals surface area contributed by atoms with Crippen molar-refractivity contribution in [1.29, 1.82) is 0 Å². The van der Waals surface area contributed by atoms with E-state index in [4.69, 9.17) is 0 Å². The number of terminal acetylenes is 1. The van der Waals surface area contributed by atoms with Gasteiger partial charge in [0.1, 0.15) is 0 Å². The number of hydrogen-bond donors (Lipinski definition) is 0. The van der Waals surface area contributed by atoms with Crippen LogP contribution in [-0.2, 0) is 5.41 Å². The lowest BCUT2D eigenvalue weighted by molar-refractivity contribution is 0.270. The fourth-order valence-corrected chi connectivity index (χ4v) is 7.35. The number of rotatable bonds is 7. The van der Waals surface area contributed by atoms with E-state index in [-0.39, 0.29) is 10.8 Å². The first-order valence-electron chi connectivity index (χ1n) is 16.8. The van der Waals surface area contributed by atoms with Crippen molar-refractivity contribution in [1.82, 2.24) is 0 Å². The SMILES string of the molecule is C#C.C=C(C)C1(c2ccccc2)CCCCC1.C=C(C)c1ccc(C2=CCC(CC)(CC)/C(=C\CC)C2(C)C)cc1.CC. The molecule has 1 saturated carbocycles. The predicted octanol–water partition coefficient (Wildman–Crippen LogP) is 13.4. The summed E-state index contributed by atoms with van der Waals surface area (Å²) in [6.07, 6.45) is 24.4. The van der Waals surface area contributed by atoms with Crippen molar-refractivity contribution in [3.8, 4) is 12.8 Å². The van der Waals surface area contributed by atoms with E-state index in [0.717, 1.165) is 18.4 Å². The second-order valence-corrected chi connectivity index (χ2v) is 12.6. The molecule has 1 fully saturated rings. The van der Waals surface area contributed by atoms with Gasteiger partial charge in [0.2, 0.25) is 0 Å². The maximum Gasteiger partial charge on any atom is 0.0156 e. The molecular weight excluding hydrogens is 516 g/mol.